The molecule has 0 spiro atoms. The zero-order chi connectivity index (χ0) is 18.1. The summed E-state index contributed by atoms with van der Waals surface area (Å²) in [5.41, 5.74) is 0.861. The van der Waals surface area contributed by atoms with Crippen molar-refractivity contribution in [2.24, 2.45) is 10.9 Å². The van der Waals surface area contributed by atoms with Crippen LogP contribution in [-0.4, -0.2) is 22.5 Å². The summed E-state index contributed by atoms with van der Waals surface area (Å²) >= 11 is 13.4. The number of hydrogen-bond acceptors (Lipinski definition) is 4. The van der Waals surface area contributed by atoms with Gasteiger partial charge in [-0.3, -0.25) is 4.79 Å². The Morgan fingerprint density at radius 2 is 2.00 bits per heavy atom. The minimum atomic E-state index is -0.846. The van der Waals surface area contributed by atoms with Gasteiger partial charge in [-0.1, -0.05) is 29.3 Å². The molecule has 8 heteroatoms. The molecule has 3 amide bonds. The van der Waals surface area contributed by atoms with Crippen LogP contribution in [0.1, 0.15) is 28.2 Å². The average Bonchev–Trinajstić information content (AvgIpc) is 3.07. The van der Waals surface area contributed by atoms with Crippen molar-refractivity contribution in [1.82, 2.24) is 4.90 Å². The number of imide groups is 1. The second-order valence-corrected chi connectivity index (χ2v) is 7.26. The summed E-state index contributed by atoms with van der Waals surface area (Å²) in [6, 6.07) is 8.66. The molecule has 2 aromatic rings. The van der Waals surface area contributed by atoms with Crippen LogP contribution >= 0.6 is 34.5 Å². The molecule has 0 saturated heterocycles. The predicted octanol–water partition coefficient (Wildman–Crippen LogP) is 4.97. The van der Waals surface area contributed by atoms with Gasteiger partial charge in [0, 0.05) is 15.8 Å². The maximum absolute atomic E-state index is 12.9. The molecule has 2 heterocycles. The molecular formula is C17H11Cl2N3O2S. The van der Waals surface area contributed by atoms with E-state index in [1.54, 1.807) is 42.6 Å². The molecule has 0 fully saturated rings. The van der Waals surface area contributed by atoms with E-state index < -0.39 is 23.9 Å². The summed E-state index contributed by atoms with van der Waals surface area (Å²) in [5.74, 6) is -1.28. The second kappa shape index (κ2) is 6.96. The van der Waals surface area contributed by atoms with Crippen molar-refractivity contribution in [1.29, 1.82) is 5.26 Å². The number of urea groups is 1. The van der Waals surface area contributed by atoms with Gasteiger partial charge in [-0.2, -0.15) is 5.26 Å². The van der Waals surface area contributed by atoms with Crippen molar-refractivity contribution in [2.75, 3.05) is 0 Å². The Labute approximate surface area is 158 Å². The number of nitrogens with zero attached hydrogens (tertiary/aromatic N) is 3. The number of halogens is 2. The van der Waals surface area contributed by atoms with Crippen molar-refractivity contribution in [3.8, 4) is 6.07 Å². The van der Waals surface area contributed by atoms with Crippen LogP contribution in [-0.2, 0) is 0 Å². The highest BCUT2D eigenvalue weighted by atomic mass is 35.5. The summed E-state index contributed by atoms with van der Waals surface area (Å²) < 4.78 is 0. The molecule has 1 aromatic carbocycles. The molecule has 25 heavy (non-hydrogen) atoms. The summed E-state index contributed by atoms with van der Waals surface area (Å²) in [7, 11) is 0. The van der Waals surface area contributed by atoms with Gasteiger partial charge in [0.2, 0.25) is 0 Å². The number of amides is 3. The van der Waals surface area contributed by atoms with E-state index in [4.69, 9.17) is 23.2 Å². The van der Waals surface area contributed by atoms with Gasteiger partial charge in [-0.15, -0.1) is 11.3 Å². The third-order valence-corrected chi connectivity index (χ3v) is 5.13. The SMILES string of the molecule is CC1=NC(=O)N(C(=O)c2cccs2)C(c2cc(Cl)cc(Cl)c2)C1C#N. The highest BCUT2D eigenvalue weighted by Crippen LogP contribution is 2.37. The lowest BCUT2D eigenvalue weighted by Gasteiger charge is -2.35. The van der Waals surface area contributed by atoms with E-state index in [0.717, 1.165) is 4.90 Å². The monoisotopic (exact) mass is 391 g/mol. The minimum absolute atomic E-state index is 0.351. The number of thiophene rings is 1. The fourth-order valence-corrected chi connectivity index (χ4v) is 3.96. The first kappa shape index (κ1) is 17.6. The molecule has 1 aliphatic rings. The molecule has 2 unspecified atom stereocenters. The highest BCUT2D eigenvalue weighted by Gasteiger charge is 2.42. The molecule has 2 atom stereocenters. The van der Waals surface area contributed by atoms with Crippen molar-refractivity contribution in [2.45, 2.75) is 13.0 Å². The third-order valence-electron chi connectivity index (χ3n) is 3.84. The van der Waals surface area contributed by atoms with Crippen molar-refractivity contribution in [3.63, 3.8) is 0 Å². The molecule has 1 aliphatic heterocycles. The second-order valence-electron chi connectivity index (χ2n) is 5.44. The topological polar surface area (TPSA) is 73.5 Å². The van der Waals surface area contributed by atoms with Gasteiger partial charge in [0.15, 0.2) is 0 Å². The zero-order valence-electron chi connectivity index (χ0n) is 12.9. The van der Waals surface area contributed by atoms with Gasteiger partial charge in [-0.05, 0) is 42.1 Å². The number of nitriles is 1. The first-order valence-electron chi connectivity index (χ1n) is 7.24. The van der Waals surface area contributed by atoms with Crippen molar-refractivity contribution >= 4 is 52.2 Å². The molecule has 0 radical (unpaired) electrons. The smallest absolute Gasteiger partial charge is 0.268 e. The van der Waals surface area contributed by atoms with Crippen molar-refractivity contribution in [3.05, 3.63) is 56.2 Å². The van der Waals surface area contributed by atoms with Crippen LogP contribution in [0.3, 0.4) is 0 Å². The summed E-state index contributed by atoms with van der Waals surface area (Å²) in [6.07, 6.45) is 0. The predicted molar refractivity (Wildman–Crippen MR) is 97.3 cm³/mol. The largest absolute Gasteiger partial charge is 0.351 e. The quantitative estimate of drug-likeness (QED) is 0.724. The third kappa shape index (κ3) is 3.31. The maximum atomic E-state index is 12.9. The molecule has 0 aliphatic carbocycles. The van der Waals surface area contributed by atoms with Crippen LogP contribution in [0.5, 0.6) is 0 Å². The lowest BCUT2D eigenvalue weighted by molar-refractivity contribution is 0.0733. The first-order chi connectivity index (χ1) is 11.9. The van der Waals surface area contributed by atoms with Crippen molar-refractivity contribution < 1.29 is 9.59 Å². The van der Waals surface area contributed by atoms with Crippen LogP contribution < -0.4 is 0 Å². The van der Waals surface area contributed by atoms with E-state index >= 15 is 0 Å². The average molecular weight is 392 g/mol. The van der Waals surface area contributed by atoms with Crippen LogP contribution in [0.4, 0.5) is 4.79 Å². The number of aliphatic imine (C=N–C) groups is 1. The fraction of sp³-hybridized carbons (Fsp3) is 0.176. The number of carbonyl (C=O) groups is 2. The molecular weight excluding hydrogens is 381 g/mol. The zero-order valence-corrected chi connectivity index (χ0v) is 15.3. The first-order valence-corrected chi connectivity index (χ1v) is 8.87. The van der Waals surface area contributed by atoms with Gasteiger partial charge in [0.05, 0.1) is 17.0 Å². The molecule has 0 saturated carbocycles. The Hall–Kier alpha value is -2.20. The van der Waals surface area contributed by atoms with E-state index in [9.17, 15) is 14.9 Å². The van der Waals surface area contributed by atoms with Crippen LogP contribution in [0.25, 0.3) is 0 Å². The molecule has 5 nitrogen and oxygen atoms in total. The fourth-order valence-electron chi connectivity index (χ4n) is 2.75. The van der Waals surface area contributed by atoms with Gasteiger partial charge in [0.1, 0.15) is 5.92 Å². The standard InChI is InChI=1S/C17H11Cl2N3O2S/c1-9-13(8-20)15(10-5-11(18)7-12(19)6-10)22(17(24)21-9)16(23)14-3-2-4-25-14/h2-7,13,15H,1H3. The number of carbonyl (C=O) groups excluding carboxylic acids is 2. The lowest BCUT2D eigenvalue weighted by atomic mass is 9.88. The van der Waals surface area contributed by atoms with E-state index in [1.165, 1.54) is 11.3 Å². The summed E-state index contributed by atoms with van der Waals surface area (Å²) in [4.78, 5) is 30.6. The van der Waals surface area contributed by atoms with E-state index in [0.29, 0.717) is 26.2 Å². The highest BCUT2D eigenvalue weighted by molar-refractivity contribution is 7.12. The van der Waals surface area contributed by atoms with E-state index in [2.05, 4.69) is 11.1 Å². The summed E-state index contributed by atoms with van der Waals surface area (Å²) in [6.45, 7) is 1.60. The molecule has 3 rings (SSSR count). The van der Waals surface area contributed by atoms with Crippen LogP contribution in [0.2, 0.25) is 10.0 Å². The number of benzene rings is 1. The number of rotatable bonds is 2. The Morgan fingerprint density at radius 1 is 1.32 bits per heavy atom. The minimum Gasteiger partial charge on any atom is -0.268 e. The molecule has 0 bridgehead atoms. The van der Waals surface area contributed by atoms with E-state index in [1.807, 2.05) is 0 Å². The van der Waals surface area contributed by atoms with E-state index in [-0.39, 0.29) is 0 Å². The normalized spacial score (nSPS) is 20.2. The Balaban J connectivity index is 2.17. The Morgan fingerprint density at radius 3 is 2.56 bits per heavy atom. The summed E-state index contributed by atoms with van der Waals surface area (Å²) in [5, 5.41) is 12.1. The lowest BCUT2D eigenvalue weighted by Crippen LogP contribution is -2.46. The molecule has 0 N–H and O–H groups in total. The molecule has 126 valence electrons. The van der Waals surface area contributed by atoms with Gasteiger partial charge in [-0.25, -0.2) is 14.7 Å². The van der Waals surface area contributed by atoms with Crippen LogP contribution in [0.15, 0.2) is 40.7 Å². The number of hydrogen-bond donors (Lipinski definition) is 0. The van der Waals surface area contributed by atoms with Gasteiger partial charge >= 0.3 is 6.03 Å². The van der Waals surface area contributed by atoms with Gasteiger partial charge in [0.25, 0.3) is 5.91 Å². The van der Waals surface area contributed by atoms with Gasteiger partial charge < -0.3 is 0 Å². The van der Waals surface area contributed by atoms with Crippen LogP contribution in [0, 0.1) is 17.2 Å². The maximum Gasteiger partial charge on any atom is 0.351 e. The molecule has 1 aromatic heterocycles. The Kier molecular flexibility index (Phi) is 4.91. The Bertz CT molecular complexity index is 898.